The number of aromatic nitrogens is 4. The summed E-state index contributed by atoms with van der Waals surface area (Å²) in [6, 6.07) is 1.88. The lowest BCUT2D eigenvalue weighted by Crippen LogP contribution is -2.33. The number of hydrogen-bond acceptors (Lipinski definition) is 5. The second-order valence-corrected chi connectivity index (χ2v) is 5.44. The monoisotopic (exact) mass is 320 g/mol. The zero-order valence-electron chi connectivity index (χ0n) is 13.4. The number of hydrogen-bond donors (Lipinski definition) is 0. The molecular weight excluding hydrogens is 300 g/mol. The molecule has 0 aliphatic heterocycles. The van der Waals surface area contributed by atoms with E-state index in [0.29, 0.717) is 13.1 Å². The fraction of sp³-hybridized carbons (Fsp3) is 0.500. The third-order valence-corrected chi connectivity index (χ3v) is 3.51. The third-order valence-electron chi connectivity index (χ3n) is 3.51. The average Bonchev–Trinajstić information content (AvgIpc) is 3.15. The van der Waals surface area contributed by atoms with Crippen molar-refractivity contribution in [2.24, 2.45) is 5.92 Å². The van der Waals surface area contributed by atoms with E-state index in [2.05, 4.69) is 10.2 Å². The summed E-state index contributed by atoms with van der Waals surface area (Å²) in [5.74, 6) is -0.401. The van der Waals surface area contributed by atoms with Gasteiger partial charge in [0, 0.05) is 19.8 Å². The Morgan fingerprint density at radius 3 is 2.78 bits per heavy atom. The van der Waals surface area contributed by atoms with Gasteiger partial charge in [-0.25, -0.2) is 0 Å². The smallest absolute Gasteiger partial charge is 0.306 e. The Hall–Kier alpha value is -2.71. The van der Waals surface area contributed by atoms with Crippen LogP contribution in [0, 0.1) is 16.0 Å². The third kappa shape index (κ3) is 4.15. The van der Waals surface area contributed by atoms with Crippen LogP contribution in [0.1, 0.15) is 19.5 Å². The first-order valence-corrected chi connectivity index (χ1v) is 7.34. The summed E-state index contributed by atoms with van der Waals surface area (Å²) in [5, 5.41) is 18.9. The van der Waals surface area contributed by atoms with Gasteiger partial charge in [0.2, 0.25) is 5.91 Å². The van der Waals surface area contributed by atoms with E-state index in [9.17, 15) is 14.9 Å². The van der Waals surface area contributed by atoms with E-state index < -0.39 is 4.92 Å². The van der Waals surface area contributed by atoms with Crippen LogP contribution >= 0.6 is 0 Å². The van der Waals surface area contributed by atoms with Gasteiger partial charge >= 0.3 is 5.69 Å². The molecule has 2 aromatic rings. The van der Waals surface area contributed by atoms with Crippen molar-refractivity contribution in [1.82, 2.24) is 24.5 Å². The van der Waals surface area contributed by atoms with Crippen molar-refractivity contribution in [2.75, 3.05) is 7.05 Å². The lowest BCUT2D eigenvalue weighted by molar-refractivity contribution is -0.385. The fourth-order valence-electron chi connectivity index (χ4n) is 2.27. The van der Waals surface area contributed by atoms with Crippen LogP contribution < -0.4 is 0 Å². The molecule has 2 aromatic heterocycles. The Kier molecular flexibility index (Phi) is 5.09. The molecule has 2 rings (SSSR count). The van der Waals surface area contributed by atoms with Gasteiger partial charge in [0.25, 0.3) is 0 Å². The zero-order chi connectivity index (χ0) is 17.0. The van der Waals surface area contributed by atoms with Gasteiger partial charge in [0.05, 0.1) is 29.6 Å². The van der Waals surface area contributed by atoms with Crippen LogP contribution in [0.25, 0.3) is 0 Å². The van der Waals surface area contributed by atoms with Gasteiger partial charge in [-0.2, -0.15) is 10.2 Å². The molecule has 0 spiro atoms. The maximum absolute atomic E-state index is 12.4. The van der Waals surface area contributed by atoms with Crippen LogP contribution in [0.3, 0.4) is 0 Å². The molecule has 1 amide bonds. The summed E-state index contributed by atoms with van der Waals surface area (Å²) in [7, 11) is 1.72. The highest BCUT2D eigenvalue weighted by Crippen LogP contribution is 2.12. The highest BCUT2D eigenvalue weighted by molar-refractivity contribution is 5.78. The second-order valence-electron chi connectivity index (χ2n) is 5.44. The number of nitrogens with zero attached hydrogens (tertiary/aromatic N) is 6. The molecule has 2 heterocycles. The molecule has 23 heavy (non-hydrogen) atoms. The zero-order valence-corrected chi connectivity index (χ0v) is 13.4. The first-order chi connectivity index (χ1) is 10.9. The first kappa shape index (κ1) is 16.7. The maximum atomic E-state index is 12.4. The maximum Gasteiger partial charge on any atom is 0.306 e. The quantitative estimate of drug-likeness (QED) is 0.565. The van der Waals surface area contributed by atoms with Gasteiger partial charge in [-0.05, 0) is 13.0 Å². The number of nitro groups is 1. The van der Waals surface area contributed by atoms with Gasteiger partial charge in [-0.15, -0.1) is 0 Å². The molecule has 1 atom stereocenters. The summed E-state index contributed by atoms with van der Waals surface area (Å²) in [4.78, 5) is 24.1. The van der Waals surface area contributed by atoms with Crippen molar-refractivity contribution in [3.63, 3.8) is 0 Å². The number of carbonyl (C=O) groups excluding carboxylic acids is 1. The summed E-state index contributed by atoms with van der Waals surface area (Å²) in [6.07, 6.45) is 4.38. The van der Waals surface area contributed by atoms with Crippen molar-refractivity contribution in [3.05, 3.63) is 40.5 Å². The molecule has 124 valence electrons. The lowest BCUT2D eigenvalue weighted by atomic mass is 10.1. The van der Waals surface area contributed by atoms with E-state index in [0.717, 1.165) is 12.2 Å². The Morgan fingerprint density at radius 2 is 2.22 bits per heavy atom. The van der Waals surface area contributed by atoms with Crippen molar-refractivity contribution < 1.29 is 9.72 Å². The van der Waals surface area contributed by atoms with E-state index in [1.54, 1.807) is 23.6 Å². The molecular formula is C14H20N6O3. The summed E-state index contributed by atoms with van der Waals surface area (Å²) in [5.41, 5.74) is 0.743. The van der Waals surface area contributed by atoms with Gasteiger partial charge in [0.15, 0.2) is 0 Å². The van der Waals surface area contributed by atoms with E-state index in [-0.39, 0.29) is 17.5 Å². The van der Waals surface area contributed by atoms with Crippen LogP contribution in [0.4, 0.5) is 5.69 Å². The Balaban J connectivity index is 1.93. The number of amides is 1. The first-order valence-electron chi connectivity index (χ1n) is 7.34. The minimum atomic E-state index is -0.508. The van der Waals surface area contributed by atoms with Crippen LogP contribution in [0.5, 0.6) is 0 Å². The molecule has 0 saturated carbocycles. The largest absolute Gasteiger partial charge is 0.339 e. The van der Waals surface area contributed by atoms with E-state index in [4.69, 9.17) is 0 Å². The van der Waals surface area contributed by atoms with Crippen molar-refractivity contribution in [1.29, 1.82) is 0 Å². The van der Waals surface area contributed by atoms with Gasteiger partial charge < -0.3 is 4.90 Å². The highest BCUT2D eigenvalue weighted by atomic mass is 16.6. The minimum absolute atomic E-state index is 0.0609. The molecule has 0 saturated heterocycles. The van der Waals surface area contributed by atoms with Crippen LogP contribution in [-0.4, -0.2) is 42.3 Å². The molecule has 0 aliphatic rings. The van der Waals surface area contributed by atoms with Crippen LogP contribution in [-0.2, 0) is 24.4 Å². The van der Waals surface area contributed by atoms with Gasteiger partial charge in [-0.1, -0.05) is 6.92 Å². The lowest BCUT2D eigenvalue weighted by Gasteiger charge is -2.20. The normalized spacial score (nSPS) is 12.1. The highest BCUT2D eigenvalue weighted by Gasteiger charge is 2.20. The van der Waals surface area contributed by atoms with Gasteiger partial charge in [-0.3, -0.25) is 24.3 Å². The number of aryl methyl sites for hydroxylation is 1. The topological polar surface area (TPSA) is 99.1 Å². The van der Waals surface area contributed by atoms with Crippen LogP contribution in [0.2, 0.25) is 0 Å². The average molecular weight is 320 g/mol. The summed E-state index contributed by atoms with van der Waals surface area (Å²) >= 11 is 0. The van der Waals surface area contributed by atoms with E-state index in [1.807, 2.05) is 19.2 Å². The standard InChI is InChI=1S/C14H20N6O3/c1-4-18-6-5-12(16-18)9-17(3)14(21)11(2)8-19-10-13(7-15-19)20(22)23/h5-7,10-11H,4,8-9H2,1-3H3. The van der Waals surface area contributed by atoms with Crippen molar-refractivity contribution in [3.8, 4) is 0 Å². The Morgan fingerprint density at radius 1 is 1.48 bits per heavy atom. The molecule has 9 nitrogen and oxygen atoms in total. The molecule has 0 radical (unpaired) electrons. The number of carbonyl (C=O) groups is 1. The minimum Gasteiger partial charge on any atom is -0.339 e. The Bertz CT molecular complexity index is 692. The SMILES string of the molecule is CCn1ccc(CN(C)C(=O)C(C)Cn2cc([N+](=O)[O-])cn2)n1. The molecule has 0 N–H and O–H groups in total. The summed E-state index contributed by atoms with van der Waals surface area (Å²) in [6.45, 7) is 5.27. The molecule has 9 heteroatoms. The fourth-order valence-corrected chi connectivity index (χ4v) is 2.27. The predicted octanol–water partition coefficient (Wildman–Crippen LogP) is 1.30. The van der Waals surface area contributed by atoms with Crippen molar-refractivity contribution in [2.45, 2.75) is 33.5 Å². The van der Waals surface area contributed by atoms with Gasteiger partial charge in [0.1, 0.15) is 12.4 Å². The van der Waals surface area contributed by atoms with Crippen LogP contribution in [0.15, 0.2) is 24.7 Å². The molecule has 0 fully saturated rings. The number of rotatable bonds is 7. The molecule has 1 unspecified atom stereocenters. The summed E-state index contributed by atoms with van der Waals surface area (Å²) < 4.78 is 3.22. The molecule has 0 aliphatic carbocycles. The second kappa shape index (κ2) is 7.03. The van der Waals surface area contributed by atoms with Crippen molar-refractivity contribution >= 4 is 11.6 Å². The predicted molar refractivity (Wildman–Crippen MR) is 82.4 cm³/mol. The van der Waals surface area contributed by atoms with E-state index in [1.165, 1.54) is 17.1 Å². The Labute approximate surface area is 133 Å². The molecule has 0 aromatic carbocycles. The molecule has 0 bridgehead atoms. The van der Waals surface area contributed by atoms with E-state index >= 15 is 0 Å².